The summed E-state index contributed by atoms with van der Waals surface area (Å²) in [5, 5.41) is 4.54. The summed E-state index contributed by atoms with van der Waals surface area (Å²) in [6, 6.07) is 10.5. The van der Waals surface area contributed by atoms with E-state index in [1.54, 1.807) is 49.7 Å². The number of nitrogens with two attached hydrogens (primary N) is 1. The second kappa shape index (κ2) is 8.50. The molecule has 1 amide bonds. The zero-order valence-electron chi connectivity index (χ0n) is 16.7. The molecule has 1 saturated heterocycles. The van der Waals surface area contributed by atoms with E-state index >= 15 is 0 Å². The summed E-state index contributed by atoms with van der Waals surface area (Å²) in [4.78, 5) is 33.4. The summed E-state index contributed by atoms with van der Waals surface area (Å²) in [6.07, 6.45) is 3.53. The van der Waals surface area contributed by atoms with Crippen molar-refractivity contribution in [2.75, 3.05) is 20.2 Å². The van der Waals surface area contributed by atoms with E-state index in [0.29, 0.717) is 23.6 Å². The molecule has 3 aromatic rings. The minimum atomic E-state index is -0.461. The number of methoxy groups -OCH3 is 1. The highest BCUT2D eigenvalue weighted by molar-refractivity contribution is 5.92. The van der Waals surface area contributed by atoms with Crippen molar-refractivity contribution >= 4 is 5.91 Å². The number of carbonyl (C=O) groups is 1. The summed E-state index contributed by atoms with van der Waals surface area (Å²) < 4.78 is 6.55. The van der Waals surface area contributed by atoms with Crippen molar-refractivity contribution in [2.45, 2.75) is 25.3 Å². The Bertz CT molecular complexity index is 1090. The van der Waals surface area contributed by atoms with E-state index in [1.165, 1.54) is 4.68 Å². The van der Waals surface area contributed by atoms with E-state index in [4.69, 9.17) is 10.5 Å². The molecule has 0 radical (unpaired) electrons. The first-order chi connectivity index (χ1) is 14.5. The van der Waals surface area contributed by atoms with Gasteiger partial charge in [0.05, 0.1) is 18.5 Å². The van der Waals surface area contributed by atoms with Gasteiger partial charge in [-0.25, -0.2) is 4.79 Å². The van der Waals surface area contributed by atoms with Gasteiger partial charge in [0.2, 0.25) is 5.91 Å². The summed E-state index contributed by atoms with van der Waals surface area (Å²) in [7, 11) is 1.60. The van der Waals surface area contributed by atoms with Gasteiger partial charge in [0.15, 0.2) is 0 Å². The number of pyridine rings is 1. The van der Waals surface area contributed by atoms with Crippen LogP contribution in [0.25, 0.3) is 5.69 Å². The predicted molar refractivity (Wildman–Crippen MR) is 111 cm³/mol. The number of rotatable bonds is 6. The number of hydrogen-bond donors (Lipinski definition) is 2. The van der Waals surface area contributed by atoms with Crippen molar-refractivity contribution in [3.05, 3.63) is 70.2 Å². The fourth-order valence-electron chi connectivity index (χ4n) is 3.79. The lowest BCUT2D eigenvalue weighted by Crippen LogP contribution is -2.34. The molecule has 1 aromatic carbocycles. The second-order valence-corrected chi connectivity index (χ2v) is 7.40. The van der Waals surface area contributed by atoms with Gasteiger partial charge in [-0.3, -0.25) is 19.7 Å². The van der Waals surface area contributed by atoms with Crippen LogP contribution in [-0.2, 0) is 6.54 Å². The molecule has 0 saturated carbocycles. The third-order valence-corrected chi connectivity index (χ3v) is 5.33. The molecule has 3 N–H and O–H groups in total. The Morgan fingerprint density at radius 2 is 2.10 bits per heavy atom. The number of H-pyrrole nitrogens is 1. The molecule has 0 aliphatic carbocycles. The third kappa shape index (κ3) is 4.25. The highest BCUT2D eigenvalue weighted by atomic mass is 16.5. The number of carbonyl (C=O) groups excluding carboxylic acids is 1. The average molecular weight is 408 g/mol. The van der Waals surface area contributed by atoms with E-state index < -0.39 is 5.91 Å². The molecule has 1 atom stereocenters. The fraction of sp³-hybridized carbons (Fsp3) is 0.333. The smallest absolute Gasteiger partial charge is 0.348 e. The van der Waals surface area contributed by atoms with Crippen molar-refractivity contribution in [3.8, 4) is 11.4 Å². The van der Waals surface area contributed by atoms with Gasteiger partial charge in [-0.05, 0) is 55.8 Å². The molecule has 9 nitrogen and oxygen atoms in total. The number of nitrogens with zero attached hydrogens (tertiary/aromatic N) is 4. The van der Waals surface area contributed by atoms with Crippen molar-refractivity contribution in [1.82, 2.24) is 24.6 Å². The van der Waals surface area contributed by atoms with Crippen molar-refractivity contribution in [2.24, 2.45) is 5.73 Å². The number of amides is 1. The fourth-order valence-corrected chi connectivity index (χ4v) is 3.79. The van der Waals surface area contributed by atoms with Crippen LogP contribution < -0.4 is 16.2 Å². The molecule has 2 aromatic heterocycles. The standard InChI is InChI=1S/C21H24N6O3/c1-30-18-6-4-17(5-7-18)27-21(29)24-20(25-27)15-3-2-10-26(12-15)13-16-11-14(19(22)28)8-9-23-16/h4-9,11,15H,2-3,10,12-13H2,1H3,(H2,22,28)(H,24,25,29)/t15-/m0/s1. The number of aromatic nitrogens is 4. The zero-order chi connectivity index (χ0) is 21.1. The Morgan fingerprint density at radius 3 is 2.83 bits per heavy atom. The topological polar surface area (TPSA) is 119 Å². The Kier molecular flexibility index (Phi) is 5.62. The van der Waals surface area contributed by atoms with Crippen LogP contribution in [-0.4, -0.2) is 50.8 Å². The normalized spacial score (nSPS) is 17.0. The number of likely N-dealkylation sites (tertiary alicyclic amines) is 1. The number of ether oxygens (including phenoxy) is 1. The van der Waals surface area contributed by atoms with Crippen molar-refractivity contribution < 1.29 is 9.53 Å². The minimum Gasteiger partial charge on any atom is -0.497 e. The minimum absolute atomic E-state index is 0.116. The molecule has 3 heterocycles. The van der Waals surface area contributed by atoms with Crippen LogP contribution in [0.4, 0.5) is 0 Å². The number of aromatic amines is 1. The first-order valence-electron chi connectivity index (χ1n) is 9.84. The Hall–Kier alpha value is -3.46. The maximum atomic E-state index is 12.5. The van der Waals surface area contributed by atoms with Crippen LogP contribution in [0.15, 0.2) is 47.4 Å². The molecule has 0 unspecified atom stereocenters. The lowest BCUT2D eigenvalue weighted by atomic mass is 9.97. The lowest BCUT2D eigenvalue weighted by Gasteiger charge is -2.31. The summed E-state index contributed by atoms with van der Waals surface area (Å²) in [6.45, 7) is 2.28. The van der Waals surface area contributed by atoms with Gasteiger partial charge in [0.1, 0.15) is 11.6 Å². The molecular formula is C21H24N6O3. The van der Waals surface area contributed by atoms with Gasteiger partial charge in [-0.2, -0.15) is 4.68 Å². The molecule has 30 heavy (non-hydrogen) atoms. The van der Waals surface area contributed by atoms with Crippen LogP contribution in [0, 0.1) is 0 Å². The van der Waals surface area contributed by atoms with Gasteiger partial charge < -0.3 is 10.5 Å². The summed E-state index contributed by atoms with van der Waals surface area (Å²) >= 11 is 0. The van der Waals surface area contributed by atoms with E-state index in [2.05, 4.69) is 20.0 Å². The van der Waals surface area contributed by atoms with Crippen molar-refractivity contribution in [3.63, 3.8) is 0 Å². The predicted octanol–water partition coefficient (Wildman–Crippen LogP) is 1.44. The van der Waals surface area contributed by atoms with Gasteiger partial charge in [-0.15, -0.1) is 5.10 Å². The maximum absolute atomic E-state index is 12.5. The molecule has 4 rings (SSSR count). The van der Waals surface area contributed by atoms with Crippen molar-refractivity contribution in [1.29, 1.82) is 0 Å². The molecule has 0 bridgehead atoms. The number of benzene rings is 1. The first kappa shape index (κ1) is 19.8. The highest BCUT2D eigenvalue weighted by Crippen LogP contribution is 2.25. The van der Waals surface area contributed by atoms with Gasteiger partial charge >= 0.3 is 5.69 Å². The second-order valence-electron chi connectivity index (χ2n) is 7.40. The van der Waals surface area contributed by atoms with Crippen LogP contribution in [0.2, 0.25) is 0 Å². The monoisotopic (exact) mass is 408 g/mol. The lowest BCUT2D eigenvalue weighted by molar-refractivity contribution is 0.1000. The Labute approximate surface area is 173 Å². The Morgan fingerprint density at radius 1 is 1.30 bits per heavy atom. The first-order valence-corrected chi connectivity index (χ1v) is 9.84. The van der Waals surface area contributed by atoms with Gasteiger partial charge in [-0.1, -0.05) is 0 Å². The summed E-state index contributed by atoms with van der Waals surface area (Å²) in [5.41, 5.74) is 7.04. The van der Waals surface area contributed by atoms with Gasteiger partial charge in [0.25, 0.3) is 0 Å². The SMILES string of the molecule is COc1ccc(-n2nc([C@H]3CCCN(Cc4cc(C(N)=O)ccn4)C3)[nH]c2=O)cc1. The van der Waals surface area contributed by atoms with E-state index in [9.17, 15) is 9.59 Å². The van der Waals surface area contributed by atoms with Crippen LogP contribution in [0.3, 0.4) is 0 Å². The molecule has 156 valence electrons. The van der Waals surface area contributed by atoms with Crippen LogP contribution in [0.5, 0.6) is 5.75 Å². The third-order valence-electron chi connectivity index (χ3n) is 5.33. The molecule has 1 aliphatic rings. The highest BCUT2D eigenvalue weighted by Gasteiger charge is 2.25. The van der Waals surface area contributed by atoms with E-state index in [1.807, 2.05) is 0 Å². The molecule has 0 spiro atoms. The number of nitrogens with one attached hydrogen (secondary N) is 1. The van der Waals surface area contributed by atoms with Crippen LogP contribution in [0.1, 0.15) is 40.6 Å². The molecular weight excluding hydrogens is 384 g/mol. The van der Waals surface area contributed by atoms with E-state index in [0.717, 1.165) is 37.4 Å². The quantitative estimate of drug-likeness (QED) is 0.637. The largest absolute Gasteiger partial charge is 0.497 e. The average Bonchev–Trinajstić information content (AvgIpc) is 3.16. The van der Waals surface area contributed by atoms with E-state index in [-0.39, 0.29) is 11.6 Å². The Balaban J connectivity index is 1.49. The molecule has 1 fully saturated rings. The number of hydrogen-bond acceptors (Lipinski definition) is 6. The number of primary amides is 1. The van der Waals surface area contributed by atoms with Gasteiger partial charge in [0, 0.05) is 30.8 Å². The molecule has 1 aliphatic heterocycles. The summed E-state index contributed by atoms with van der Waals surface area (Å²) in [5.74, 6) is 1.06. The maximum Gasteiger partial charge on any atom is 0.348 e. The van der Waals surface area contributed by atoms with Crippen LogP contribution >= 0.6 is 0 Å². The molecule has 9 heteroatoms. The zero-order valence-corrected chi connectivity index (χ0v) is 16.7. The number of piperidine rings is 1.